The number of guanidine groups is 1. The van der Waals surface area contributed by atoms with Gasteiger partial charge in [0.1, 0.15) is 0 Å². The molecule has 0 radical (unpaired) electrons. The van der Waals surface area contributed by atoms with Gasteiger partial charge in [0, 0.05) is 6.07 Å². The molecule has 0 spiro atoms. The minimum absolute atomic E-state index is 0.0327. The van der Waals surface area contributed by atoms with Gasteiger partial charge in [-0.25, -0.2) is 4.99 Å². The predicted octanol–water partition coefficient (Wildman–Crippen LogP) is 1.59. The number of nitrogens with one attached hydrogen (secondary N) is 1. The number of nitrogens with zero attached hydrogens (tertiary/aromatic N) is 4. The number of rotatable bonds is 2. The summed E-state index contributed by atoms with van der Waals surface area (Å²) >= 11 is 0. The van der Waals surface area contributed by atoms with E-state index in [1.807, 2.05) is 0 Å². The molecule has 0 aliphatic carbocycles. The molecular formula is C16H12N6O3. The Morgan fingerprint density at radius 1 is 1.16 bits per heavy atom. The van der Waals surface area contributed by atoms with Gasteiger partial charge in [0.25, 0.3) is 11.2 Å². The highest BCUT2D eigenvalue weighted by atomic mass is 16.6. The second-order valence-corrected chi connectivity index (χ2v) is 5.46. The molecule has 3 N–H and O–H groups in total. The topological polar surface area (TPSA) is 128 Å². The number of nitro benzene ring substituents is 1. The van der Waals surface area contributed by atoms with Crippen molar-refractivity contribution < 1.29 is 4.92 Å². The number of nitro groups is 1. The number of hydrogen-bond donors (Lipinski definition) is 2. The van der Waals surface area contributed by atoms with E-state index in [-0.39, 0.29) is 17.6 Å². The molecule has 9 heteroatoms. The van der Waals surface area contributed by atoms with Crippen LogP contribution in [0.1, 0.15) is 11.7 Å². The first-order valence-corrected chi connectivity index (χ1v) is 7.41. The molecule has 1 aromatic heterocycles. The Bertz CT molecular complexity index is 1100. The monoisotopic (exact) mass is 336 g/mol. The second-order valence-electron chi connectivity index (χ2n) is 5.46. The number of aliphatic imine (C=N–C) groups is 1. The van der Waals surface area contributed by atoms with Crippen molar-refractivity contribution in [3.05, 3.63) is 74.6 Å². The number of benzene rings is 2. The molecule has 0 saturated carbocycles. The fourth-order valence-corrected chi connectivity index (χ4v) is 2.94. The number of aromatic nitrogens is 2. The minimum Gasteiger partial charge on any atom is -0.370 e. The van der Waals surface area contributed by atoms with E-state index in [0.29, 0.717) is 16.5 Å². The molecule has 9 nitrogen and oxygen atoms in total. The van der Waals surface area contributed by atoms with Crippen molar-refractivity contribution in [2.45, 2.75) is 6.17 Å². The lowest BCUT2D eigenvalue weighted by molar-refractivity contribution is -0.385. The summed E-state index contributed by atoms with van der Waals surface area (Å²) in [4.78, 5) is 31.5. The molecular weight excluding hydrogens is 324 g/mol. The average molecular weight is 336 g/mol. The molecule has 3 aromatic rings. The standard InChI is InChI=1S/C16H12N6O3/c17-15-18-13(9-5-1-4-8-12(9)22(24)25)21-11-7-3-2-6-10(11)14(23)19-16(21)20-15/h1-8,13H,(H3,17,18,19,20,23)/t13-/m0/s1. The molecule has 2 aromatic carbocycles. The van der Waals surface area contributed by atoms with Crippen molar-refractivity contribution in [2.75, 3.05) is 5.32 Å². The molecule has 2 heterocycles. The highest BCUT2D eigenvalue weighted by Crippen LogP contribution is 2.34. The van der Waals surface area contributed by atoms with Crippen molar-refractivity contribution >= 4 is 28.5 Å². The van der Waals surface area contributed by atoms with E-state index >= 15 is 0 Å². The van der Waals surface area contributed by atoms with Gasteiger partial charge in [0.2, 0.25) is 5.95 Å². The second kappa shape index (κ2) is 5.41. The fraction of sp³-hybridized carbons (Fsp3) is 0.0625. The number of nitrogens with two attached hydrogens (primary N) is 1. The van der Waals surface area contributed by atoms with E-state index in [4.69, 9.17) is 5.73 Å². The van der Waals surface area contributed by atoms with E-state index in [2.05, 4.69) is 15.3 Å². The summed E-state index contributed by atoms with van der Waals surface area (Å²) in [7, 11) is 0. The van der Waals surface area contributed by atoms with E-state index in [1.54, 1.807) is 47.0 Å². The molecule has 124 valence electrons. The van der Waals surface area contributed by atoms with Gasteiger partial charge < -0.3 is 5.73 Å². The van der Waals surface area contributed by atoms with Crippen molar-refractivity contribution in [2.24, 2.45) is 10.7 Å². The van der Waals surface area contributed by atoms with Gasteiger partial charge in [0.05, 0.1) is 21.4 Å². The molecule has 25 heavy (non-hydrogen) atoms. The summed E-state index contributed by atoms with van der Waals surface area (Å²) < 4.78 is 1.63. The first-order valence-electron chi connectivity index (χ1n) is 7.41. The molecule has 1 atom stereocenters. The van der Waals surface area contributed by atoms with Gasteiger partial charge in [-0.15, -0.1) is 0 Å². The molecule has 0 amide bonds. The summed E-state index contributed by atoms with van der Waals surface area (Å²) in [6, 6.07) is 13.2. The van der Waals surface area contributed by atoms with Crippen LogP contribution in [-0.2, 0) is 0 Å². The van der Waals surface area contributed by atoms with Crippen LogP contribution in [0.25, 0.3) is 10.9 Å². The Morgan fingerprint density at radius 3 is 2.68 bits per heavy atom. The lowest BCUT2D eigenvalue weighted by atomic mass is 10.1. The molecule has 4 rings (SSSR count). The van der Waals surface area contributed by atoms with Crippen molar-refractivity contribution in [3.63, 3.8) is 0 Å². The van der Waals surface area contributed by atoms with Crippen LogP contribution in [0.4, 0.5) is 11.6 Å². The first-order chi connectivity index (χ1) is 12.1. The molecule has 0 saturated heterocycles. The summed E-state index contributed by atoms with van der Waals surface area (Å²) in [5, 5.41) is 14.6. The van der Waals surface area contributed by atoms with Gasteiger partial charge in [-0.3, -0.25) is 24.8 Å². The van der Waals surface area contributed by atoms with E-state index < -0.39 is 16.6 Å². The normalized spacial score (nSPS) is 16.0. The smallest absolute Gasteiger partial charge is 0.282 e. The van der Waals surface area contributed by atoms with Gasteiger partial charge in [0.15, 0.2) is 12.1 Å². The number of anilines is 1. The SMILES string of the molecule is NC1=N[C@H](c2ccccc2[N+](=O)[O-])n2c(nc(=O)c3ccccc32)N1. The first kappa shape index (κ1) is 14.8. The zero-order chi connectivity index (χ0) is 17.6. The number of fused-ring (bicyclic) bond motifs is 3. The number of hydrogen-bond acceptors (Lipinski definition) is 7. The van der Waals surface area contributed by atoms with Crippen LogP contribution in [0.5, 0.6) is 0 Å². The zero-order valence-corrected chi connectivity index (χ0v) is 12.8. The van der Waals surface area contributed by atoms with E-state index in [0.717, 1.165) is 0 Å². The number of para-hydroxylation sites is 2. The van der Waals surface area contributed by atoms with Crippen molar-refractivity contribution in [1.82, 2.24) is 9.55 Å². The molecule has 0 unspecified atom stereocenters. The lowest BCUT2D eigenvalue weighted by Gasteiger charge is -2.26. The molecule has 0 fully saturated rings. The third-order valence-electron chi connectivity index (χ3n) is 3.99. The Labute approximate surface area is 140 Å². The highest BCUT2D eigenvalue weighted by Gasteiger charge is 2.29. The summed E-state index contributed by atoms with van der Waals surface area (Å²) in [5.74, 6) is 0.227. The molecule has 1 aliphatic heterocycles. The molecule has 1 aliphatic rings. The fourth-order valence-electron chi connectivity index (χ4n) is 2.94. The van der Waals surface area contributed by atoms with Crippen LogP contribution in [-0.4, -0.2) is 20.4 Å². The average Bonchev–Trinajstić information content (AvgIpc) is 2.61. The maximum atomic E-state index is 12.2. The largest absolute Gasteiger partial charge is 0.370 e. The van der Waals surface area contributed by atoms with Gasteiger partial charge >= 0.3 is 0 Å². The summed E-state index contributed by atoms with van der Waals surface area (Å²) in [6.45, 7) is 0. The van der Waals surface area contributed by atoms with Crippen LogP contribution in [0.2, 0.25) is 0 Å². The van der Waals surface area contributed by atoms with Gasteiger partial charge in [-0.2, -0.15) is 4.98 Å². The van der Waals surface area contributed by atoms with Crippen LogP contribution >= 0.6 is 0 Å². The van der Waals surface area contributed by atoms with Crippen molar-refractivity contribution in [3.8, 4) is 0 Å². The van der Waals surface area contributed by atoms with Gasteiger partial charge in [-0.05, 0) is 18.2 Å². The Hall–Kier alpha value is -3.75. The summed E-state index contributed by atoms with van der Waals surface area (Å²) in [5.41, 5.74) is 6.23. The van der Waals surface area contributed by atoms with E-state index in [1.165, 1.54) is 6.07 Å². The lowest BCUT2D eigenvalue weighted by Crippen LogP contribution is -2.35. The molecule has 0 bridgehead atoms. The Morgan fingerprint density at radius 2 is 1.88 bits per heavy atom. The third-order valence-corrected chi connectivity index (χ3v) is 3.99. The Kier molecular flexibility index (Phi) is 3.21. The van der Waals surface area contributed by atoms with Crippen LogP contribution in [0.15, 0.2) is 58.3 Å². The highest BCUT2D eigenvalue weighted by molar-refractivity contribution is 5.93. The van der Waals surface area contributed by atoms with Crippen LogP contribution in [0, 0.1) is 10.1 Å². The summed E-state index contributed by atoms with van der Waals surface area (Å²) in [6.07, 6.45) is -0.809. The zero-order valence-electron chi connectivity index (χ0n) is 12.8. The van der Waals surface area contributed by atoms with Crippen molar-refractivity contribution in [1.29, 1.82) is 0 Å². The minimum atomic E-state index is -0.809. The quantitative estimate of drug-likeness (QED) is 0.540. The van der Waals surface area contributed by atoms with E-state index in [9.17, 15) is 14.9 Å². The third kappa shape index (κ3) is 2.29. The van der Waals surface area contributed by atoms with Gasteiger partial charge in [-0.1, -0.05) is 24.3 Å². The van der Waals surface area contributed by atoms with Crippen LogP contribution in [0.3, 0.4) is 0 Å². The maximum absolute atomic E-state index is 12.2. The van der Waals surface area contributed by atoms with Crippen LogP contribution < -0.4 is 16.6 Å². The maximum Gasteiger partial charge on any atom is 0.282 e. The Balaban J connectivity index is 2.07. The predicted molar refractivity (Wildman–Crippen MR) is 92.5 cm³/mol.